The average molecular weight is 476 g/mol. The van der Waals surface area contributed by atoms with Gasteiger partial charge in [-0.15, -0.1) is 0 Å². The van der Waals surface area contributed by atoms with Gasteiger partial charge in [0.15, 0.2) is 5.60 Å². The zero-order valence-corrected chi connectivity index (χ0v) is 20.4. The van der Waals surface area contributed by atoms with Gasteiger partial charge in [0.25, 0.3) is 5.91 Å². The number of ether oxygens (including phenoxy) is 2. The van der Waals surface area contributed by atoms with Gasteiger partial charge in [-0.05, 0) is 57.9 Å². The molecule has 1 aromatic carbocycles. The minimum absolute atomic E-state index is 0.0541. The Morgan fingerprint density at radius 2 is 2.03 bits per heavy atom. The minimum atomic E-state index is -0.913. The van der Waals surface area contributed by atoms with Crippen LogP contribution in [-0.2, 0) is 9.59 Å². The number of aromatic nitrogens is 3. The number of fused-ring (bicyclic) bond motifs is 2. The maximum Gasteiger partial charge on any atom is 0.270 e. The van der Waals surface area contributed by atoms with Gasteiger partial charge < -0.3 is 24.3 Å². The van der Waals surface area contributed by atoms with Gasteiger partial charge in [0.05, 0.1) is 23.2 Å². The summed E-state index contributed by atoms with van der Waals surface area (Å²) in [6.07, 6.45) is 4.36. The van der Waals surface area contributed by atoms with Crippen LogP contribution in [0.25, 0.3) is 22.3 Å². The van der Waals surface area contributed by atoms with E-state index in [9.17, 15) is 9.59 Å². The number of rotatable bonds is 5. The van der Waals surface area contributed by atoms with Crippen LogP contribution in [0.3, 0.4) is 0 Å². The zero-order chi connectivity index (χ0) is 24.5. The molecular formula is C26H29N5O4. The van der Waals surface area contributed by atoms with Crippen molar-refractivity contribution in [3.63, 3.8) is 0 Å². The molecule has 1 aliphatic carbocycles. The van der Waals surface area contributed by atoms with E-state index in [0.717, 1.165) is 29.4 Å². The second-order valence-electron chi connectivity index (χ2n) is 10.3. The van der Waals surface area contributed by atoms with Crippen molar-refractivity contribution in [2.75, 3.05) is 18.5 Å². The topological polar surface area (TPSA) is 98.6 Å². The summed E-state index contributed by atoms with van der Waals surface area (Å²) >= 11 is 0. The molecule has 1 saturated carbocycles. The maximum atomic E-state index is 12.8. The van der Waals surface area contributed by atoms with Crippen LogP contribution < -0.4 is 19.7 Å². The van der Waals surface area contributed by atoms with Crippen LogP contribution in [0.5, 0.6) is 11.6 Å². The summed E-state index contributed by atoms with van der Waals surface area (Å²) in [5.74, 6) is 1.21. The molecule has 3 aliphatic rings. The second kappa shape index (κ2) is 7.69. The fourth-order valence-corrected chi connectivity index (χ4v) is 4.97. The Labute approximate surface area is 203 Å². The zero-order valence-electron chi connectivity index (χ0n) is 20.4. The molecule has 0 radical (unpaired) electrons. The van der Waals surface area contributed by atoms with Crippen molar-refractivity contribution in [1.82, 2.24) is 19.9 Å². The molecule has 6 rings (SSSR count). The normalized spacial score (nSPS) is 22.1. The fraction of sp³-hybridized carbons (Fsp3) is 0.462. The third-order valence-corrected chi connectivity index (χ3v) is 7.23. The third-order valence-electron chi connectivity index (χ3n) is 7.23. The number of carbonyl (C=O) groups is 2. The Bertz CT molecular complexity index is 1360. The Hall–Kier alpha value is -3.62. The van der Waals surface area contributed by atoms with Gasteiger partial charge >= 0.3 is 0 Å². The molecule has 1 N–H and O–H groups in total. The van der Waals surface area contributed by atoms with E-state index in [1.165, 1.54) is 0 Å². The minimum Gasteiger partial charge on any atom is -0.476 e. The number of pyridine rings is 1. The van der Waals surface area contributed by atoms with Crippen LogP contribution in [0, 0.1) is 5.92 Å². The molecule has 2 fully saturated rings. The molecule has 4 heterocycles. The van der Waals surface area contributed by atoms with Gasteiger partial charge in [-0.2, -0.15) is 0 Å². The lowest BCUT2D eigenvalue weighted by molar-refractivity contribution is -0.132. The number of imidazole rings is 1. The first kappa shape index (κ1) is 21.9. The number of hydrogen-bond donors (Lipinski definition) is 1. The summed E-state index contributed by atoms with van der Waals surface area (Å²) in [5, 5.41) is 2.89. The average Bonchev–Trinajstić information content (AvgIpc) is 3.42. The first-order valence-corrected chi connectivity index (χ1v) is 12.1. The van der Waals surface area contributed by atoms with Crippen molar-refractivity contribution < 1.29 is 19.1 Å². The predicted octanol–water partition coefficient (Wildman–Crippen LogP) is 3.47. The highest BCUT2D eigenvalue weighted by atomic mass is 16.5. The van der Waals surface area contributed by atoms with Gasteiger partial charge in [-0.3, -0.25) is 9.59 Å². The quantitative estimate of drug-likeness (QED) is 0.607. The van der Waals surface area contributed by atoms with Gasteiger partial charge in [-0.1, -0.05) is 0 Å². The molecule has 1 saturated heterocycles. The van der Waals surface area contributed by atoms with E-state index >= 15 is 0 Å². The van der Waals surface area contributed by atoms with Crippen LogP contribution in [0.2, 0.25) is 0 Å². The Kier molecular flexibility index (Phi) is 4.81. The molecule has 35 heavy (non-hydrogen) atoms. The van der Waals surface area contributed by atoms with Crippen molar-refractivity contribution in [2.24, 2.45) is 5.92 Å². The summed E-state index contributed by atoms with van der Waals surface area (Å²) in [6.45, 7) is 6.13. The standard InChI is InChI=1S/C26H29N5O4/c1-14(16-10-22(32)27-12-16)34-24-23-19(28-13-31(23)17-6-7-17)11-18(29-24)15-5-8-21-20(9-15)30(4)25(33)26(2,3)35-21/h5,8-9,11,13-14,16-17H,6-7,10,12H2,1-4H3,(H,27,32). The van der Waals surface area contributed by atoms with Crippen LogP contribution >= 0.6 is 0 Å². The summed E-state index contributed by atoms with van der Waals surface area (Å²) in [6, 6.07) is 8.12. The lowest BCUT2D eigenvalue weighted by atomic mass is 10.0. The number of nitrogens with zero attached hydrogens (tertiary/aromatic N) is 4. The van der Waals surface area contributed by atoms with Crippen LogP contribution in [0.4, 0.5) is 5.69 Å². The molecule has 3 aromatic rings. The highest BCUT2D eigenvalue weighted by Crippen LogP contribution is 2.42. The third kappa shape index (κ3) is 3.69. The smallest absolute Gasteiger partial charge is 0.270 e. The number of benzene rings is 1. The summed E-state index contributed by atoms with van der Waals surface area (Å²) in [4.78, 5) is 35.7. The number of anilines is 1. The first-order valence-electron chi connectivity index (χ1n) is 12.1. The lowest BCUT2D eigenvalue weighted by Crippen LogP contribution is -2.50. The molecule has 2 aromatic heterocycles. The number of nitrogens with one attached hydrogen (secondary N) is 1. The molecule has 182 valence electrons. The Morgan fingerprint density at radius 3 is 2.74 bits per heavy atom. The summed E-state index contributed by atoms with van der Waals surface area (Å²) in [5.41, 5.74) is 3.02. The van der Waals surface area contributed by atoms with E-state index < -0.39 is 5.60 Å². The highest BCUT2D eigenvalue weighted by Gasteiger charge is 2.39. The van der Waals surface area contributed by atoms with Crippen molar-refractivity contribution >= 4 is 28.5 Å². The SMILES string of the molecule is CC(Oc1nc(-c2ccc3c(c2)N(C)C(=O)C(C)(C)O3)cc2ncn(C3CC3)c12)C1CNC(=O)C1. The number of amides is 2. The van der Waals surface area contributed by atoms with Crippen molar-refractivity contribution in [1.29, 1.82) is 0 Å². The van der Waals surface area contributed by atoms with E-state index in [1.807, 2.05) is 37.5 Å². The van der Waals surface area contributed by atoms with Gasteiger partial charge in [0, 0.05) is 37.5 Å². The lowest BCUT2D eigenvalue weighted by Gasteiger charge is -2.37. The predicted molar refractivity (Wildman–Crippen MR) is 131 cm³/mol. The summed E-state index contributed by atoms with van der Waals surface area (Å²) in [7, 11) is 1.76. The molecule has 2 amide bonds. The number of likely N-dealkylation sites (N-methyl/N-ethyl adjacent to an activating group) is 1. The molecule has 2 aliphatic heterocycles. The highest BCUT2D eigenvalue weighted by molar-refractivity contribution is 6.02. The van der Waals surface area contributed by atoms with Crippen molar-refractivity contribution in [3.05, 3.63) is 30.6 Å². The number of carbonyl (C=O) groups excluding carboxylic acids is 2. The molecule has 2 unspecified atom stereocenters. The van der Waals surface area contributed by atoms with E-state index in [0.29, 0.717) is 42.0 Å². The molecule has 9 heteroatoms. The van der Waals surface area contributed by atoms with E-state index in [1.54, 1.807) is 25.8 Å². The molecule has 0 spiro atoms. The largest absolute Gasteiger partial charge is 0.476 e. The molecular weight excluding hydrogens is 446 g/mol. The summed E-state index contributed by atoms with van der Waals surface area (Å²) < 4.78 is 14.5. The molecule has 2 atom stereocenters. The van der Waals surface area contributed by atoms with Gasteiger partial charge in [0.1, 0.15) is 17.4 Å². The second-order valence-corrected chi connectivity index (χ2v) is 10.3. The monoisotopic (exact) mass is 475 g/mol. The molecule has 9 nitrogen and oxygen atoms in total. The van der Waals surface area contributed by atoms with Gasteiger partial charge in [0.2, 0.25) is 11.8 Å². The van der Waals surface area contributed by atoms with Crippen molar-refractivity contribution in [2.45, 2.75) is 57.8 Å². The van der Waals surface area contributed by atoms with Gasteiger partial charge in [-0.25, -0.2) is 9.97 Å². The van der Waals surface area contributed by atoms with Crippen molar-refractivity contribution in [3.8, 4) is 22.9 Å². The maximum absolute atomic E-state index is 12.8. The van der Waals surface area contributed by atoms with E-state index in [-0.39, 0.29) is 23.8 Å². The van der Waals surface area contributed by atoms with Crippen LogP contribution in [0.15, 0.2) is 30.6 Å². The molecule has 0 bridgehead atoms. The van der Waals surface area contributed by atoms with Crippen LogP contribution in [-0.4, -0.2) is 51.6 Å². The number of hydrogen-bond acceptors (Lipinski definition) is 6. The van der Waals surface area contributed by atoms with E-state index in [4.69, 9.17) is 14.5 Å². The Balaban J connectivity index is 1.42. The Morgan fingerprint density at radius 1 is 1.23 bits per heavy atom. The van der Waals surface area contributed by atoms with Crippen LogP contribution in [0.1, 0.15) is 46.1 Å². The fourth-order valence-electron chi connectivity index (χ4n) is 4.97. The van der Waals surface area contributed by atoms with E-state index in [2.05, 4.69) is 14.9 Å². The first-order chi connectivity index (χ1) is 16.7.